The minimum Gasteiger partial charge on any atom is -0.476 e. The van der Waals surface area contributed by atoms with Gasteiger partial charge in [0.15, 0.2) is 34.5 Å². The molecule has 18 nitrogen and oxygen atoms in total. The molecule has 24 heteroatoms. The molecule has 0 amide bonds. The van der Waals surface area contributed by atoms with Gasteiger partial charge in [0.05, 0.1) is 89.4 Å². The quantitative estimate of drug-likeness (QED) is 0.0624. The van der Waals surface area contributed by atoms with Crippen molar-refractivity contribution in [2.45, 2.75) is 39.5 Å². The van der Waals surface area contributed by atoms with Crippen molar-refractivity contribution in [3.63, 3.8) is 0 Å². The summed E-state index contributed by atoms with van der Waals surface area (Å²) in [6.07, 6.45) is 2.98. The van der Waals surface area contributed by atoms with Crippen LogP contribution in [0.2, 0.25) is 5.02 Å². The number of hydrogen-bond donors (Lipinski definition) is 4. The number of hydrogen-bond acceptors (Lipinski definition) is 14. The summed E-state index contributed by atoms with van der Waals surface area (Å²) in [5.41, 5.74) is -0.192. The van der Waals surface area contributed by atoms with Crippen molar-refractivity contribution >= 4 is 76.7 Å². The highest BCUT2D eigenvalue weighted by Gasteiger charge is 2.26. The predicted octanol–water partition coefficient (Wildman–Crippen LogP) is 6.19. The molecular formula is C42H44ClF3N8O10S2. The molecule has 66 heavy (non-hydrogen) atoms. The number of halogens is 4. The van der Waals surface area contributed by atoms with Crippen LogP contribution < -0.4 is 18.9 Å². The zero-order valence-electron chi connectivity index (χ0n) is 35.5. The maximum atomic E-state index is 15.0. The summed E-state index contributed by atoms with van der Waals surface area (Å²) in [5.74, 6) is -4.00. The van der Waals surface area contributed by atoms with Crippen molar-refractivity contribution in [3.8, 4) is 11.8 Å². The fourth-order valence-corrected chi connectivity index (χ4v) is 9.23. The Morgan fingerprint density at radius 3 is 1.59 bits per heavy atom. The summed E-state index contributed by atoms with van der Waals surface area (Å²) in [7, 11) is -7.56. The number of ether oxygens (including phenoxy) is 4. The lowest BCUT2D eigenvalue weighted by molar-refractivity contribution is -0.0513. The van der Waals surface area contributed by atoms with Gasteiger partial charge < -0.3 is 18.9 Å². The number of pyridine rings is 2. The van der Waals surface area contributed by atoms with Crippen LogP contribution in [0.25, 0.3) is 22.1 Å². The SMILES string of the molecule is CCCS(=O)(=O)Nc1ccc(Cl)c(C(=O)Cc2cnc3[nH]nc(OCC4COC4)c3c2)c1F.CCCS(=O)(=O)Nc1ccc(F)c(C(=O)Cc2cnc3[nH]nc(OCC4COC4)c3c2)c1F. The number of nitrogens with zero attached hydrogens (tertiary/aromatic N) is 4. The first kappa shape index (κ1) is 48.1. The highest BCUT2D eigenvalue weighted by Crippen LogP contribution is 2.30. The molecular weight excluding hydrogens is 933 g/mol. The van der Waals surface area contributed by atoms with E-state index in [1.165, 1.54) is 24.5 Å². The van der Waals surface area contributed by atoms with E-state index in [1.54, 1.807) is 26.0 Å². The number of nitrogens with one attached hydrogen (secondary N) is 4. The molecule has 352 valence electrons. The third kappa shape index (κ3) is 11.6. The number of H-pyrrole nitrogens is 2. The number of rotatable bonds is 20. The second kappa shape index (κ2) is 20.7. The van der Waals surface area contributed by atoms with E-state index in [2.05, 4.69) is 39.8 Å². The summed E-state index contributed by atoms with van der Waals surface area (Å²) in [5, 5.41) is 14.7. The van der Waals surface area contributed by atoms with E-state index in [9.17, 15) is 35.2 Å². The van der Waals surface area contributed by atoms with Crippen molar-refractivity contribution in [1.82, 2.24) is 30.4 Å². The van der Waals surface area contributed by atoms with Gasteiger partial charge in [-0.05, 0) is 60.4 Å². The minimum atomic E-state index is -3.82. The lowest BCUT2D eigenvalue weighted by Crippen LogP contribution is -2.32. The monoisotopic (exact) mass is 976 g/mol. The highest BCUT2D eigenvalue weighted by atomic mass is 35.5. The normalized spacial score (nSPS) is 14.3. The summed E-state index contributed by atoms with van der Waals surface area (Å²) < 4.78 is 118. The molecule has 2 aromatic carbocycles. The molecule has 4 N–H and O–H groups in total. The van der Waals surface area contributed by atoms with Crippen molar-refractivity contribution in [2.75, 3.05) is 60.6 Å². The van der Waals surface area contributed by atoms with Crippen molar-refractivity contribution < 1.29 is 58.5 Å². The molecule has 6 aromatic rings. The number of aromatic amines is 2. The molecule has 0 atom stereocenters. The van der Waals surface area contributed by atoms with Crippen LogP contribution in [0.3, 0.4) is 0 Å². The largest absolute Gasteiger partial charge is 0.476 e. The molecule has 0 aliphatic carbocycles. The molecule has 0 saturated carbocycles. The van der Waals surface area contributed by atoms with E-state index in [1.807, 2.05) is 0 Å². The molecule has 2 aliphatic rings. The molecule has 8 rings (SSSR count). The number of carbonyl (C=O) groups excluding carboxylic acids is 2. The summed E-state index contributed by atoms with van der Waals surface area (Å²) in [4.78, 5) is 34.1. The van der Waals surface area contributed by atoms with Crippen LogP contribution in [0.15, 0.2) is 48.8 Å². The lowest BCUT2D eigenvalue weighted by Gasteiger charge is -2.25. The van der Waals surface area contributed by atoms with E-state index in [0.29, 0.717) is 103 Å². The number of aromatic nitrogens is 6. The van der Waals surface area contributed by atoms with E-state index in [4.69, 9.17) is 30.5 Å². The predicted molar refractivity (Wildman–Crippen MR) is 237 cm³/mol. The molecule has 6 heterocycles. The Kier molecular flexibility index (Phi) is 15.1. The third-order valence-electron chi connectivity index (χ3n) is 10.1. The van der Waals surface area contributed by atoms with Crippen LogP contribution >= 0.6 is 11.6 Å². The Morgan fingerprint density at radius 1 is 0.712 bits per heavy atom. The van der Waals surface area contributed by atoms with Gasteiger partial charge in [0.25, 0.3) is 0 Å². The Balaban J connectivity index is 0.000000196. The number of sulfonamides is 2. The molecule has 0 bridgehead atoms. The van der Waals surface area contributed by atoms with E-state index in [-0.39, 0.29) is 46.5 Å². The summed E-state index contributed by atoms with van der Waals surface area (Å²) in [6, 6.07) is 7.58. The van der Waals surface area contributed by atoms with E-state index < -0.39 is 60.3 Å². The van der Waals surface area contributed by atoms with Gasteiger partial charge in [-0.25, -0.2) is 40.0 Å². The molecule has 2 fully saturated rings. The zero-order valence-corrected chi connectivity index (χ0v) is 37.8. The van der Waals surface area contributed by atoms with Crippen LogP contribution in [0, 0.1) is 29.3 Å². The van der Waals surface area contributed by atoms with Crippen LogP contribution in [-0.4, -0.2) is 110 Å². The fraction of sp³-hybridized carbons (Fsp3) is 0.381. The van der Waals surface area contributed by atoms with Crippen molar-refractivity contribution in [1.29, 1.82) is 0 Å². The minimum absolute atomic E-state index is 0.111. The first-order chi connectivity index (χ1) is 31.5. The van der Waals surface area contributed by atoms with E-state index >= 15 is 4.39 Å². The standard InChI is InChI=1S/C21H22ClFN4O5S.C21H22F2N4O5S/c2*1-2-5-33(29,30)27-16-4-3-15(22)18(19(16)23)17(28)7-12-6-14-20(24-8-12)25-26-21(14)32-11-13-9-31-10-13/h2*3-4,6,8,13,27H,2,5,7,9-11H2,1H3,(H,24,25,26). The van der Waals surface area contributed by atoms with E-state index in [0.717, 1.165) is 12.1 Å². The zero-order chi connectivity index (χ0) is 47.2. The van der Waals surface area contributed by atoms with Gasteiger partial charge in [-0.2, -0.15) is 0 Å². The molecule has 0 unspecified atom stereocenters. The Hall–Kier alpha value is -5.88. The second-order valence-corrected chi connectivity index (χ2v) is 19.7. The first-order valence-corrected chi connectivity index (χ1v) is 24.3. The van der Waals surface area contributed by atoms with Crippen molar-refractivity contribution in [2.24, 2.45) is 11.8 Å². The van der Waals surface area contributed by atoms with Crippen LogP contribution in [-0.2, 0) is 42.4 Å². The molecule has 4 aromatic heterocycles. The first-order valence-electron chi connectivity index (χ1n) is 20.6. The Labute approximate surface area is 381 Å². The van der Waals surface area contributed by atoms with Crippen LogP contribution in [0.4, 0.5) is 24.5 Å². The van der Waals surface area contributed by atoms with Gasteiger partial charge in [0.2, 0.25) is 31.8 Å². The van der Waals surface area contributed by atoms with Gasteiger partial charge >= 0.3 is 0 Å². The average molecular weight is 977 g/mol. The fourth-order valence-electron chi connectivity index (χ4n) is 6.71. The Morgan fingerprint density at radius 2 is 1.15 bits per heavy atom. The van der Waals surface area contributed by atoms with Gasteiger partial charge in [0, 0.05) is 37.1 Å². The number of benzene rings is 2. The highest BCUT2D eigenvalue weighted by molar-refractivity contribution is 7.92. The molecule has 0 spiro atoms. The Bertz CT molecular complexity index is 2790. The van der Waals surface area contributed by atoms with Gasteiger partial charge in [-0.15, -0.1) is 10.2 Å². The maximum absolute atomic E-state index is 15.0. The van der Waals surface area contributed by atoms with Crippen LogP contribution in [0.1, 0.15) is 58.5 Å². The molecule has 2 aliphatic heterocycles. The number of carbonyl (C=O) groups is 2. The summed E-state index contributed by atoms with van der Waals surface area (Å²) in [6.45, 7) is 6.72. The van der Waals surface area contributed by atoms with Crippen LogP contribution in [0.5, 0.6) is 11.8 Å². The van der Waals surface area contributed by atoms with Gasteiger partial charge in [-0.3, -0.25) is 29.2 Å². The summed E-state index contributed by atoms with van der Waals surface area (Å²) >= 11 is 6.09. The topological polar surface area (TPSA) is 247 Å². The van der Waals surface area contributed by atoms with Gasteiger partial charge in [-0.1, -0.05) is 25.4 Å². The number of fused-ring (bicyclic) bond motifs is 2. The van der Waals surface area contributed by atoms with Crippen molar-refractivity contribution in [3.05, 3.63) is 93.5 Å². The lowest BCUT2D eigenvalue weighted by atomic mass is 10.0. The molecule has 0 radical (unpaired) electrons. The molecule has 2 saturated heterocycles. The second-order valence-electron chi connectivity index (χ2n) is 15.6. The maximum Gasteiger partial charge on any atom is 0.242 e. The number of ketones is 2. The number of anilines is 2. The average Bonchev–Trinajstić information content (AvgIpc) is 3.82. The van der Waals surface area contributed by atoms with Gasteiger partial charge in [0.1, 0.15) is 5.82 Å². The third-order valence-corrected chi connectivity index (χ3v) is 13.4. The smallest absolute Gasteiger partial charge is 0.242 e. The number of Topliss-reactive ketones (excluding diaryl/α,β-unsaturated/α-hetero) is 2.